The number of anilines is 1. The van der Waals surface area contributed by atoms with Gasteiger partial charge in [0.2, 0.25) is 0 Å². The van der Waals surface area contributed by atoms with Crippen LogP contribution in [0.4, 0.5) is 5.82 Å². The molecule has 0 saturated carbocycles. The van der Waals surface area contributed by atoms with Crippen molar-refractivity contribution < 1.29 is 9.59 Å². The van der Waals surface area contributed by atoms with Crippen LogP contribution < -0.4 is 5.73 Å². The normalized spacial score (nSPS) is 11.3. The minimum Gasteiger partial charge on any atom is -0.382 e. The van der Waals surface area contributed by atoms with Crippen LogP contribution in [0.2, 0.25) is 15.1 Å². The molecule has 8 heteroatoms. The molecule has 5 nitrogen and oxygen atoms in total. The quantitative estimate of drug-likeness (QED) is 0.525. The monoisotopic (exact) mass is 413 g/mol. The number of aromatic nitrogens is 2. The summed E-state index contributed by atoms with van der Waals surface area (Å²) in [7, 11) is 0. The number of ketones is 2. The van der Waals surface area contributed by atoms with E-state index in [2.05, 4.69) is 9.97 Å². The van der Waals surface area contributed by atoms with Gasteiger partial charge in [0.1, 0.15) is 17.1 Å². The van der Waals surface area contributed by atoms with E-state index in [0.29, 0.717) is 10.6 Å². The van der Waals surface area contributed by atoms with Crippen LogP contribution in [-0.4, -0.2) is 21.5 Å². The number of hydrogen-bond donors (Lipinski definition) is 1. The lowest BCUT2D eigenvalue weighted by Crippen LogP contribution is -2.20. The zero-order chi connectivity index (χ0) is 19.8. The number of nitrogens with zero attached hydrogens (tertiary/aromatic N) is 2. The molecule has 138 valence electrons. The number of Topliss-reactive ketones (excluding diaryl/α,β-unsaturated/α-hetero) is 2. The molecule has 2 aromatic rings. The first-order valence-electron chi connectivity index (χ1n) is 7.95. The molecular weight excluding hydrogens is 397 g/mol. The van der Waals surface area contributed by atoms with Gasteiger partial charge in [-0.05, 0) is 12.1 Å². The second-order valence-electron chi connectivity index (χ2n) is 6.44. The zero-order valence-electron chi connectivity index (χ0n) is 14.7. The summed E-state index contributed by atoms with van der Waals surface area (Å²) in [6, 6.07) is 3.01. The van der Waals surface area contributed by atoms with Crippen LogP contribution in [0.5, 0.6) is 0 Å². The molecule has 0 spiro atoms. The summed E-state index contributed by atoms with van der Waals surface area (Å²) in [5.41, 5.74) is 6.41. The molecule has 0 amide bonds. The van der Waals surface area contributed by atoms with Crippen molar-refractivity contribution in [2.24, 2.45) is 11.8 Å². The molecule has 2 N–H and O–H groups in total. The Balaban J connectivity index is 2.84. The second kappa shape index (κ2) is 7.91. The van der Waals surface area contributed by atoms with Crippen molar-refractivity contribution in [1.82, 2.24) is 9.97 Å². The maximum absolute atomic E-state index is 12.7. The molecule has 0 bridgehead atoms. The number of carbonyl (C=O) groups is 2. The van der Waals surface area contributed by atoms with E-state index in [1.54, 1.807) is 27.7 Å². The number of rotatable bonds is 5. The first-order valence-corrected chi connectivity index (χ1v) is 9.08. The standard InChI is InChI=1S/C18H18Cl3N3O2/c1-7(2)16(25)14-13(10-5-9(19)6-11(20)12(10)21)24-18(22)15(23-14)17(26)8(3)4/h5-8H,1-4H3,(H2,22,24). The summed E-state index contributed by atoms with van der Waals surface area (Å²) >= 11 is 18.4. The van der Waals surface area contributed by atoms with Crippen LogP contribution in [0.15, 0.2) is 12.1 Å². The van der Waals surface area contributed by atoms with Crippen LogP contribution in [-0.2, 0) is 0 Å². The molecule has 26 heavy (non-hydrogen) atoms. The summed E-state index contributed by atoms with van der Waals surface area (Å²) in [6.07, 6.45) is 0. The maximum atomic E-state index is 12.7. The Kier molecular flexibility index (Phi) is 6.27. The maximum Gasteiger partial charge on any atom is 0.187 e. The van der Waals surface area contributed by atoms with Crippen molar-refractivity contribution >= 4 is 52.2 Å². The topological polar surface area (TPSA) is 85.9 Å². The van der Waals surface area contributed by atoms with Crippen LogP contribution in [0.3, 0.4) is 0 Å². The third-order valence-electron chi connectivity index (χ3n) is 3.69. The van der Waals surface area contributed by atoms with E-state index in [1.165, 1.54) is 12.1 Å². The van der Waals surface area contributed by atoms with E-state index in [1.807, 2.05) is 0 Å². The molecule has 0 unspecified atom stereocenters. The van der Waals surface area contributed by atoms with Crippen LogP contribution in [0.1, 0.15) is 48.7 Å². The third kappa shape index (κ3) is 4.00. The fourth-order valence-corrected chi connectivity index (χ4v) is 2.96. The zero-order valence-corrected chi connectivity index (χ0v) is 17.0. The van der Waals surface area contributed by atoms with Crippen molar-refractivity contribution in [3.8, 4) is 11.3 Å². The molecule has 0 atom stereocenters. The number of nitrogen functional groups attached to an aromatic ring is 1. The Labute approximate surface area is 166 Å². The Morgan fingerprint density at radius 3 is 2.00 bits per heavy atom. The third-order valence-corrected chi connectivity index (χ3v) is 4.71. The molecule has 0 fully saturated rings. The lowest BCUT2D eigenvalue weighted by molar-refractivity contribution is 0.0929. The predicted octanol–water partition coefficient (Wildman–Crippen LogP) is 5.36. The molecule has 0 aliphatic heterocycles. The largest absolute Gasteiger partial charge is 0.382 e. The molecule has 1 aromatic carbocycles. The van der Waals surface area contributed by atoms with E-state index in [-0.39, 0.29) is 56.3 Å². The minimum atomic E-state index is -0.373. The van der Waals surface area contributed by atoms with Gasteiger partial charge in [0.25, 0.3) is 0 Å². The SMILES string of the molecule is CC(C)C(=O)c1nc(C(=O)C(C)C)c(-c2cc(Cl)cc(Cl)c2Cl)nc1N. The molecule has 0 aliphatic carbocycles. The number of benzene rings is 1. The molecule has 0 radical (unpaired) electrons. The van der Waals surface area contributed by atoms with Crippen LogP contribution >= 0.6 is 34.8 Å². The van der Waals surface area contributed by atoms with E-state index in [4.69, 9.17) is 40.5 Å². The van der Waals surface area contributed by atoms with Gasteiger partial charge in [0, 0.05) is 22.4 Å². The summed E-state index contributed by atoms with van der Waals surface area (Å²) in [4.78, 5) is 33.6. The van der Waals surface area contributed by atoms with Gasteiger partial charge in [-0.3, -0.25) is 9.59 Å². The Morgan fingerprint density at radius 1 is 0.923 bits per heavy atom. The molecule has 0 saturated heterocycles. The van der Waals surface area contributed by atoms with Crippen molar-refractivity contribution in [3.05, 3.63) is 38.6 Å². The van der Waals surface area contributed by atoms with E-state index in [0.717, 1.165) is 0 Å². The Hall–Kier alpha value is -1.69. The van der Waals surface area contributed by atoms with Gasteiger partial charge < -0.3 is 5.73 Å². The molecule has 2 rings (SSSR count). The Morgan fingerprint density at radius 2 is 1.46 bits per heavy atom. The van der Waals surface area contributed by atoms with Gasteiger partial charge in [0.05, 0.1) is 10.0 Å². The lowest BCUT2D eigenvalue weighted by Gasteiger charge is -2.15. The number of nitrogens with two attached hydrogens (primary N) is 1. The highest BCUT2D eigenvalue weighted by Crippen LogP contribution is 2.38. The highest BCUT2D eigenvalue weighted by Gasteiger charge is 2.26. The van der Waals surface area contributed by atoms with Gasteiger partial charge in [-0.1, -0.05) is 62.5 Å². The molecule has 1 aromatic heterocycles. The Bertz CT molecular complexity index is 896. The van der Waals surface area contributed by atoms with Gasteiger partial charge in [-0.15, -0.1) is 0 Å². The van der Waals surface area contributed by atoms with Crippen molar-refractivity contribution in [1.29, 1.82) is 0 Å². The summed E-state index contributed by atoms with van der Waals surface area (Å²) in [5, 5.41) is 0.699. The highest BCUT2D eigenvalue weighted by molar-refractivity contribution is 6.45. The van der Waals surface area contributed by atoms with Crippen molar-refractivity contribution in [3.63, 3.8) is 0 Å². The smallest absolute Gasteiger partial charge is 0.187 e. The van der Waals surface area contributed by atoms with Crippen LogP contribution in [0, 0.1) is 11.8 Å². The van der Waals surface area contributed by atoms with E-state index < -0.39 is 0 Å². The molecule has 0 aliphatic rings. The van der Waals surface area contributed by atoms with Gasteiger partial charge in [-0.2, -0.15) is 0 Å². The van der Waals surface area contributed by atoms with Gasteiger partial charge in [0.15, 0.2) is 17.4 Å². The number of hydrogen-bond acceptors (Lipinski definition) is 5. The average Bonchev–Trinajstić information content (AvgIpc) is 2.56. The van der Waals surface area contributed by atoms with Gasteiger partial charge in [-0.25, -0.2) is 9.97 Å². The van der Waals surface area contributed by atoms with E-state index in [9.17, 15) is 9.59 Å². The summed E-state index contributed by atoms with van der Waals surface area (Å²) in [5.74, 6) is -1.39. The predicted molar refractivity (Wildman–Crippen MR) is 105 cm³/mol. The van der Waals surface area contributed by atoms with Crippen molar-refractivity contribution in [2.75, 3.05) is 5.73 Å². The fourth-order valence-electron chi connectivity index (χ4n) is 2.26. The second-order valence-corrected chi connectivity index (χ2v) is 7.66. The average molecular weight is 415 g/mol. The number of carbonyl (C=O) groups excluding carboxylic acids is 2. The van der Waals surface area contributed by atoms with Crippen LogP contribution in [0.25, 0.3) is 11.3 Å². The van der Waals surface area contributed by atoms with E-state index >= 15 is 0 Å². The summed E-state index contributed by atoms with van der Waals surface area (Å²) < 4.78 is 0. The minimum absolute atomic E-state index is 0.0124. The lowest BCUT2D eigenvalue weighted by atomic mass is 9.99. The fraction of sp³-hybridized carbons (Fsp3) is 0.333. The van der Waals surface area contributed by atoms with Crippen molar-refractivity contribution in [2.45, 2.75) is 27.7 Å². The van der Waals surface area contributed by atoms with Gasteiger partial charge >= 0.3 is 0 Å². The first-order chi connectivity index (χ1) is 12.0. The summed E-state index contributed by atoms with van der Waals surface area (Å²) in [6.45, 7) is 6.88. The first kappa shape index (κ1) is 20.6. The highest BCUT2D eigenvalue weighted by atomic mass is 35.5. The molecular formula is C18H18Cl3N3O2. The molecule has 1 heterocycles. The number of halogens is 3.